The van der Waals surface area contributed by atoms with Crippen LogP contribution >= 0.6 is 0 Å². The van der Waals surface area contributed by atoms with E-state index in [1.54, 1.807) is 25.4 Å². The van der Waals surface area contributed by atoms with E-state index in [1.165, 1.54) is 17.0 Å². The highest BCUT2D eigenvalue weighted by Gasteiger charge is 2.16. The molecule has 8 nitrogen and oxygen atoms in total. The molecule has 3 aromatic carbocycles. The highest BCUT2D eigenvalue weighted by molar-refractivity contribution is 6.06. The summed E-state index contributed by atoms with van der Waals surface area (Å²) in [6.45, 7) is 4.07. The number of unbranched alkanes of at least 4 members (excludes halogenated alkanes) is 1. The van der Waals surface area contributed by atoms with E-state index in [4.69, 9.17) is 0 Å². The lowest BCUT2D eigenvalue weighted by atomic mass is 10.0. The van der Waals surface area contributed by atoms with E-state index in [1.807, 2.05) is 73.7 Å². The highest BCUT2D eigenvalue weighted by atomic mass is 16.5. The van der Waals surface area contributed by atoms with Gasteiger partial charge in [-0.25, -0.2) is 4.98 Å². The van der Waals surface area contributed by atoms with Gasteiger partial charge in [-0.3, -0.25) is 9.59 Å². The molecular weight excluding hydrogens is 526 g/mol. The third-order valence-corrected chi connectivity index (χ3v) is 7.27. The van der Waals surface area contributed by atoms with Gasteiger partial charge >= 0.3 is 0 Å². The van der Waals surface area contributed by atoms with Crippen molar-refractivity contribution in [2.75, 3.05) is 10.6 Å². The highest BCUT2D eigenvalue weighted by Crippen LogP contribution is 2.29. The number of rotatable bonds is 9. The quantitative estimate of drug-likeness (QED) is 0.161. The molecule has 0 unspecified atom stereocenters. The summed E-state index contributed by atoms with van der Waals surface area (Å²) < 4.78 is 2.24. The van der Waals surface area contributed by atoms with Crippen LogP contribution in [-0.2, 0) is 13.5 Å². The van der Waals surface area contributed by atoms with Crippen molar-refractivity contribution in [1.82, 2.24) is 9.55 Å². The van der Waals surface area contributed by atoms with Gasteiger partial charge in [-0.05, 0) is 66.3 Å². The molecular formula is C34H33N5O3. The third kappa shape index (κ3) is 6.23. The topological polar surface area (TPSA) is 103 Å². The van der Waals surface area contributed by atoms with Gasteiger partial charge in [-0.1, -0.05) is 55.8 Å². The van der Waals surface area contributed by atoms with Crippen LogP contribution in [-0.4, -0.2) is 15.5 Å². The van der Waals surface area contributed by atoms with Gasteiger partial charge < -0.3 is 20.4 Å². The van der Waals surface area contributed by atoms with Gasteiger partial charge in [0, 0.05) is 47.9 Å². The van der Waals surface area contributed by atoms with Crippen LogP contribution < -0.4 is 20.9 Å². The van der Waals surface area contributed by atoms with Gasteiger partial charge in [0.05, 0.1) is 5.69 Å². The Balaban J connectivity index is 1.40. The third-order valence-electron chi connectivity index (χ3n) is 7.27. The minimum absolute atomic E-state index is 0.149. The second-order valence-electron chi connectivity index (χ2n) is 10.2. The number of hydrogen-bond donors (Lipinski definition) is 2. The number of nitrogens with zero attached hydrogens (tertiary/aromatic N) is 3. The SMILES string of the molecule is CCCCc1ccccc1C(=O)Nc1cccc(-c2cn(C)c(=O)c(Nc3ccc(-c4cc[n+]([O-])cc4)cc3)n2)c1C. The Hall–Kier alpha value is -5.24. The molecule has 0 radical (unpaired) electrons. The normalized spacial score (nSPS) is 10.8. The van der Waals surface area contributed by atoms with Crippen molar-refractivity contribution in [3.8, 4) is 22.4 Å². The fourth-order valence-corrected chi connectivity index (χ4v) is 4.87. The van der Waals surface area contributed by atoms with E-state index in [9.17, 15) is 14.8 Å². The minimum Gasteiger partial charge on any atom is -0.619 e. The predicted molar refractivity (Wildman–Crippen MR) is 167 cm³/mol. The van der Waals surface area contributed by atoms with Crippen molar-refractivity contribution in [3.63, 3.8) is 0 Å². The molecule has 212 valence electrons. The molecule has 2 heterocycles. The Bertz CT molecular complexity index is 1780. The van der Waals surface area contributed by atoms with Crippen LogP contribution in [0.5, 0.6) is 0 Å². The first-order valence-corrected chi connectivity index (χ1v) is 14.0. The molecule has 1 amide bonds. The average molecular weight is 560 g/mol. The second-order valence-corrected chi connectivity index (χ2v) is 10.2. The van der Waals surface area contributed by atoms with Crippen LogP contribution in [0.4, 0.5) is 17.2 Å². The number of hydrogen-bond acceptors (Lipinski definition) is 5. The molecule has 5 rings (SSSR count). The molecule has 0 aliphatic carbocycles. The number of nitrogens with one attached hydrogen (secondary N) is 2. The van der Waals surface area contributed by atoms with Crippen LogP contribution in [0.1, 0.15) is 41.3 Å². The summed E-state index contributed by atoms with van der Waals surface area (Å²) >= 11 is 0. The number of carbonyl (C=O) groups is 1. The van der Waals surface area contributed by atoms with Gasteiger partial charge in [-0.15, -0.1) is 0 Å². The Kier molecular flexibility index (Phi) is 8.43. The minimum atomic E-state index is -0.267. The maximum Gasteiger partial charge on any atom is 0.293 e. The number of aryl methyl sites for hydroxylation is 2. The van der Waals surface area contributed by atoms with Gasteiger partial charge in [-0.2, -0.15) is 4.73 Å². The molecule has 2 aromatic heterocycles. The number of carbonyl (C=O) groups excluding carboxylic acids is 1. The first-order chi connectivity index (χ1) is 20.3. The first-order valence-electron chi connectivity index (χ1n) is 14.0. The number of aromatic nitrogens is 3. The average Bonchev–Trinajstić information content (AvgIpc) is 3.00. The maximum atomic E-state index is 13.3. The van der Waals surface area contributed by atoms with Crippen molar-refractivity contribution in [2.24, 2.45) is 7.05 Å². The Morgan fingerprint density at radius 1 is 0.952 bits per heavy atom. The van der Waals surface area contributed by atoms with Crippen LogP contribution in [0, 0.1) is 12.1 Å². The Labute approximate surface area is 244 Å². The fraction of sp³-hybridized carbons (Fsp3) is 0.176. The molecule has 0 aliphatic rings. The van der Waals surface area contributed by atoms with Crippen molar-refractivity contribution in [1.29, 1.82) is 0 Å². The Morgan fingerprint density at radius 2 is 1.67 bits per heavy atom. The zero-order valence-electron chi connectivity index (χ0n) is 23.9. The van der Waals surface area contributed by atoms with E-state index in [0.717, 1.165) is 51.8 Å². The number of benzene rings is 3. The molecule has 0 spiro atoms. The summed E-state index contributed by atoms with van der Waals surface area (Å²) in [6, 6.07) is 24.4. The Morgan fingerprint density at radius 3 is 2.40 bits per heavy atom. The lowest BCUT2D eigenvalue weighted by molar-refractivity contribution is -0.605. The standard InChI is InChI=1S/C34H33N5O3/c1-4-5-9-26-10-6-7-11-29(26)33(40)37-30-13-8-12-28(23(30)2)31-22-38(3)34(41)32(36-31)35-27-16-14-24(15-17-27)25-18-20-39(42)21-19-25/h6-8,10-22H,4-5,9H2,1-3H3,(H,35,36)(H,37,40). The molecule has 0 atom stereocenters. The smallest absolute Gasteiger partial charge is 0.293 e. The van der Waals surface area contributed by atoms with E-state index in [0.29, 0.717) is 22.6 Å². The second kappa shape index (κ2) is 12.5. The van der Waals surface area contributed by atoms with Crippen molar-refractivity contribution in [3.05, 3.63) is 130 Å². The van der Waals surface area contributed by atoms with Crippen LogP contribution in [0.3, 0.4) is 0 Å². The summed E-state index contributed by atoms with van der Waals surface area (Å²) in [7, 11) is 1.69. The molecule has 0 fully saturated rings. The van der Waals surface area contributed by atoms with E-state index in [2.05, 4.69) is 22.5 Å². The molecule has 42 heavy (non-hydrogen) atoms. The summed E-state index contributed by atoms with van der Waals surface area (Å²) in [5.41, 5.74) is 6.95. The van der Waals surface area contributed by atoms with Crippen LogP contribution in [0.25, 0.3) is 22.4 Å². The first kappa shape index (κ1) is 28.3. The fourth-order valence-electron chi connectivity index (χ4n) is 4.87. The summed E-state index contributed by atoms with van der Waals surface area (Å²) in [6.07, 6.45) is 7.54. The van der Waals surface area contributed by atoms with Crippen molar-refractivity contribution >= 4 is 23.1 Å². The van der Waals surface area contributed by atoms with Crippen LogP contribution in [0.2, 0.25) is 0 Å². The largest absolute Gasteiger partial charge is 0.619 e. The van der Waals surface area contributed by atoms with Crippen molar-refractivity contribution < 1.29 is 9.52 Å². The van der Waals surface area contributed by atoms with Gasteiger partial charge in [0.2, 0.25) is 0 Å². The molecule has 2 N–H and O–H groups in total. The van der Waals surface area contributed by atoms with Gasteiger partial charge in [0.1, 0.15) is 0 Å². The molecule has 0 saturated carbocycles. The van der Waals surface area contributed by atoms with E-state index in [-0.39, 0.29) is 17.3 Å². The monoisotopic (exact) mass is 559 g/mol. The zero-order chi connectivity index (χ0) is 29.6. The van der Waals surface area contributed by atoms with Crippen molar-refractivity contribution in [2.45, 2.75) is 33.1 Å². The number of anilines is 3. The maximum absolute atomic E-state index is 13.3. The van der Waals surface area contributed by atoms with E-state index >= 15 is 0 Å². The molecule has 0 bridgehead atoms. The summed E-state index contributed by atoms with van der Waals surface area (Å²) in [4.78, 5) is 31.0. The molecule has 0 saturated heterocycles. The lowest BCUT2D eigenvalue weighted by Gasteiger charge is -2.15. The molecule has 8 heteroatoms. The predicted octanol–water partition coefficient (Wildman–Crippen LogP) is 6.39. The number of pyridine rings is 1. The molecule has 0 aliphatic heterocycles. The molecule has 5 aromatic rings. The summed E-state index contributed by atoms with van der Waals surface area (Å²) in [5, 5.41) is 17.6. The summed E-state index contributed by atoms with van der Waals surface area (Å²) in [5.74, 6) is 0.0393. The van der Waals surface area contributed by atoms with E-state index < -0.39 is 0 Å². The van der Waals surface area contributed by atoms with Gasteiger partial charge in [0.15, 0.2) is 18.2 Å². The number of amides is 1. The zero-order valence-corrected chi connectivity index (χ0v) is 23.9. The van der Waals surface area contributed by atoms with Gasteiger partial charge in [0.25, 0.3) is 11.5 Å². The van der Waals surface area contributed by atoms with Crippen LogP contribution in [0.15, 0.2) is 102 Å². The lowest BCUT2D eigenvalue weighted by Crippen LogP contribution is -2.23.